The van der Waals surface area contributed by atoms with Gasteiger partial charge in [-0.3, -0.25) is 9.59 Å². The number of carboxylic acids is 1. The highest BCUT2D eigenvalue weighted by Gasteiger charge is 2.31. The molecule has 0 radical (unpaired) electrons. The SMILES string of the molecule is CSC1(CNC(=O)C(N)CCC(=O)O)CCCCC1. The summed E-state index contributed by atoms with van der Waals surface area (Å²) in [6, 6.07) is -0.724. The van der Waals surface area contributed by atoms with E-state index in [0.717, 1.165) is 12.8 Å². The third-order valence-electron chi connectivity index (χ3n) is 3.79. The minimum atomic E-state index is -0.920. The molecule has 0 spiro atoms. The lowest BCUT2D eigenvalue weighted by molar-refractivity contribution is -0.137. The summed E-state index contributed by atoms with van der Waals surface area (Å²) < 4.78 is 0.139. The predicted molar refractivity (Wildman–Crippen MR) is 77.2 cm³/mol. The van der Waals surface area contributed by atoms with Crippen LogP contribution in [-0.2, 0) is 9.59 Å². The summed E-state index contributed by atoms with van der Waals surface area (Å²) in [7, 11) is 0. The summed E-state index contributed by atoms with van der Waals surface area (Å²) in [4.78, 5) is 22.3. The molecule has 1 aliphatic rings. The number of carbonyl (C=O) groups is 2. The van der Waals surface area contributed by atoms with Crippen molar-refractivity contribution in [3.8, 4) is 0 Å². The maximum atomic E-state index is 11.8. The third-order valence-corrected chi connectivity index (χ3v) is 5.21. The van der Waals surface area contributed by atoms with Crippen LogP contribution < -0.4 is 11.1 Å². The standard InChI is InChI=1S/C13H24N2O3S/c1-19-13(7-3-2-4-8-13)9-15-12(18)10(14)5-6-11(16)17/h10H,2-9,14H2,1H3,(H,15,18)(H,16,17). The lowest BCUT2D eigenvalue weighted by Crippen LogP contribution is -2.47. The minimum Gasteiger partial charge on any atom is -0.481 e. The monoisotopic (exact) mass is 288 g/mol. The van der Waals surface area contributed by atoms with Gasteiger partial charge >= 0.3 is 5.97 Å². The van der Waals surface area contributed by atoms with Crippen LogP contribution in [0.25, 0.3) is 0 Å². The Kier molecular flexibility index (Phi) is 6.65. The molecule has 1 aliphatic carbocycles. The van der Waals surface area contributed by atoms with Crippen LogP contribution in [0.2, 0.25) is 0 Å². The van der Waals surface area contributed by atoms with E-state index in [4.69, 9.17) is 10.8 Å². The van der Waals surface area contributed by atoms with Gasteiger partial charge in [-0.2, -0.15) is 11.8 Å². The summed E-state index contributed by atoms with van der Waals surface area (Å²) in [5.41, 5.74) is 5.68. The van der Waals surface area contributed by atoms with Gasteiger partial charge in [0.15, 0.2) is 0 Å². The van der Waals surface area contributed by atoms with E-state index in [0.29, 0.717) is 6.54 Å². The van der Waals surface area contributed by atoms with Crippen LogP contribution in [0.5, 0.6) is 0 Å². The number of nitrogens with one attached hydrogen (secondary N) is 1. The van der Waals surface area contributed by atoms with Crippen molar-refractivity contribution in [3.05, 3.63) is 0 Å². The maximum absolute atomic E-state index is 11.8. The van der Waals surface area contributed by atoms with Crippen molar-refractivity contribution >= 4 is 23.6 Å². The molecule has 0 bridgehead atoms. The molecule has 5 nitrogen and oxygen atoms in total. The number of nitrogens with two attached hydrogens (primary N) is 1. The molecule has 110 valence electrons. The quantitative estimate of drug-likeness (QED) is 0.658. The lowest BCUT2D eigenvalue weighted by Gasteiger charge is -2.36. The van der Waals surface area contributed by atoms with Crippen molar-refractivity contribution in [1.82, 2.24) is 5.32 Å². The fourth-order valence-electron chi connectivity index (χ4n) is 2.44. The summed E-state index contributed by atoms with van der Waals surface area (Å²) in [6.45, 7) is 0.633. The Hall–Kier alpha value is -0.750. The van der Waals surface area contributed by atoms with Crippen LogP contribution in [0.15, 0.2) is 0 Å². The van der Waals surface area contributed by atoms with E-state index in [-0.39, 0.29) is 23.5 Å². The van der Waals surface area contributed by atoms with Gasteiger partial charge in [0.05, 0.1) is 6.04 Å². The van der Waals surface area contributed by atoms with Crippen molar-refractivity contribution < 1.29 is 14.7 Å². The average Bonchev–Trinajstić information content (AvgIpc) is 2.43. The molecule has 1 rings (SSSR count). The summed E-state index contributed by atoms with van der Waals surface area (Å²) in [5, 5.41) is 11.5. The number of carboxylic acid groups (broad SMARTS) is 1. The molecule has 0 aliphatic heterocycles. The van der Waals surface area contributed by atoms with E-state index in [1.165, 1.54) is 19.3 Å². The van der Waals surface area contributed by atoms with Gasteiger partial charge in [0.25, 0.3) is 0 Å². The van der Waals surface area contributed by atoms with Crippen molar-refractivity contribution in [3.63, 3.8) is 0 Å². The second-order valence-electron chi connectivity index (χ2n) is 5.20. The highest BCUT2D eigenvalue weighted by Crippen LogP contribution is 2.37. The number of rotatable bonds is 7. The average molecular weight is 288 g/mol. The topological polar surface area (TPSA) is 92.4 Å². The molecule has 0 aromatic rings. The maximum Gasteiger partial charge on any atom is 0.303 e. The van der Waals surface area contributed by atoms with E-state index in [1.54, 1.807) is 0 Å². The zero-order chi connectivity index (χ0) is 14.3. The molecule has 1 fully saturated rings. The van der Waals surface area contributed by atoms with Gasteiger partial charge in [-0.25, -0.2) is 0 Å². The number of aliphatic carboxylic acids is 1. The Morgan fingerprint density at radius 1 is 1.37 bits per heavy atom. The summed E-state index contributed by atoms with van der Waals surface area (Å²) in [5.74, 6) is -1.16. The van der Waals surface area contributed by atoms with Gasteiger partial charge in [0, 0.05) is 17.7 Å². The summed E-state index contributed by atoms with van der Waals surface area (Å²) >= 11 is 1.82. The van der Waals surface area contributed by atoms with Crippen LogP contribution in [0.1, 0.15) is 44.9 Å². The molecule has 1 amide bonds. The molecule has 6 heteroatoms. The second-order valence-corrected chi connectivity index (χ2v) is 6.48. The minimum absolute atomic E-state index is 0.0672. The van der Waals surface area contributed by atoms with Crippen LogP contribution in [0.4, 0.5) is 0 Å². The number of hydrogen-bond acceptors (Lipinski definition) is 4. The van der Waals surface area contributed by atoms with E-state index in [2.05, 4.69) is 11.6 Å². The first-order chi connectivity index (χ1) is 8.99. The Morgan fingerprint density at radius 2 is 2.00 bits per heavy atom. The van der Waals surface area contributed by atoms with Gasteiger partial charge in [0.2, 0.25) is 5.91 Å². The molecule has 4 N–H and O–H groups in total. The van der Waals surface area contributed by atoms with Crippen molar-refractivity contribution in [2.45, 2.75) is 55.7 Å². The molecular weight excluding hydrogens is 264 g/mol. The van der Waals surface area contributed by atoms with E-state index in [9.17, 15) is 9.59 Å². The molecule has 1 atom stereocenters. The summed E-state index contributed by atoms with van der Waals surface area (Å²) in [6.07, 6.45) is 8.15. The Labute approximate surface area is 118 Å². The molecule has 1 saturated carbocycles. The largest absolute Gasteiger partial charge is 0.481 e. The number of thioether (sulfide) groups is 1. The number of hydrogen-bond donors (Lipinski definition) is 3. The normalized spacial score (nSPS) is 19.7. The molecule has 1 unspecified atom stereocenters. The highest BCUT2D eigenvalue weighted by atomic mass is 32.2. The molecule has 0 saturated heterocycles. The number of carbonyl (C=O) groups excluding carboxylic acids is 1. The second kappa shape index (κ2) is 7.75. The zero-order valence-electron chi connectivity index (χ0n) is 11.5. The smallest absolute Gasteiger partial charge is 0.303 e. The van der Waals surface area contributed by atoms with Gasteiger partial charge in [-0.15, -0.1) is 0 Å². The van der Waals surface area contributed by atoms with Gasteiger partial charge in [-0.1, -0.05) is 19.3 Å². The van der Waals surface area contributed by atoms with Crippen LogP contribution in [0, 0.1) is 0 Å². The van der Waals surface area contributed by atoms with Gasteiger partial charge < -0.3 is 16.2 Å². The lowest BCUT2D eigenvalue weighted by atomic mass is 9.88. The van der Waals surface area contributed by atoms with E-state index in [1.807, 2.05) is 11.8 Å². The first kappa shape index (κ1) is 16.3. The van der Waals surface area contributed by atoms with E-state index >= 15 is 0 Å². The Morgan fingerprint density at radius 3 is 2.53 bits per heavy atom. The highest BCUT2D eigenvalue weighted by molar-refractivity contribution is 8.00. The molecule has 0 aromatic carbocycles. The van der Waals surface area contributed by atoms with E-state index < -0.39 is 12.0 Å². The van der Waals surface area contributed by atoms with Gasteiger partial charge in [0.1, 0.15) is 0 Å². The van der Waals surface area contributed by atoms with Gasteiger partial charge in [-0.05, 0) is 25.5 Å². The fraction of sp³-hybridized carbons (Fsp3) is 0.846. The third kappa shape index (κ3) is 5.40. The van der Waals surface area contributed by atoms with Crippen LogP contribution >= 0.6 is 11.8 Å². The van der Waals surface area contributed by atoms with Crippen LogP contribution in [-0.4, -0.2) is 40.6 Å². The predicted octanol–water partition coefficient (Wildman–Crippen LogP) is 1.36. The Bertz CT molecular complexity index is 317. The molecule has 19 heavy (non-hydrogen) atoms. The first-order valence-electron chi connectivity index (χ1n) is 6.79. The molecule has 0 aromatic heterocycles. The van der Waals surface area contributed by atoms with Crippen molar-refractivity contribution in [1.29, 1.82) is 0 Å². The Balaban J connectivity index is 2.37. The molecular formula is C13H24N2O3S. The van der Waals surface area contributed by atoms with Crippen molar-refractivity contribution in [2.75, 3.05) is 12.8 Å². The molecule has 0 heterocycles. The fourth-order valence-corrected chi connectivity index (χ4v) is 3.35. The zero-order valence-corrected chi connectivity index (χ0v) is 12.3. The first-order valence-corrected chi connectivity index (χ1v) is 8.02. The van der Waals surface area contributed by atoms with Crippen molar-refractivity contribution in [2.24, 2.45) is 5.73 Å². The van der Waals surface area contributed by atoms with Crippen LogP contribution in [0.3, 0.4) is 0 Å². The number of amides is 1.